The maximum Gasteiger partial charge on any atom is 0.261 e. The van der Waals surface area contributed by atoms with Crippen LogP contribution in [0.2, 0.25) is 0 Å². The number of carbonyl (C=O) groups excluding carboxylic acids is 2. The van der Waals surface area contributed by atoms with Crippen molar-refractivity contribution in [2.24, 2.45) is 5.92 Å². The number of hydrogen-bond donors (Lipinski definition) is 3. The Morgan fingerprint density at radius 2 is 1.81 bits per heavy atom. The second-order valence-corrected chi connectivity index (χ2v) is 8.40. The van der Waals surface area contributed by atoms with Crippen molar-refractivity contribution in [1.29, 1.82) is 0 Å². The van der Waals surface area contributed by atoms with Gasteiger partial charge in [-0.3, -0.25) is 14.9 Å². The molecule has 3 N–H and O–H groups in total. The quantitative estimate of drug-likeness (QED) is 0.351. The molecule has 0 atom stereocenters. The number of rotatable bonds is 9. The van der Waals surface area contributed by atoms with Gasteiger partial charge in [0.05, 0.1) is 18.8 Å². The minimum absolute atomic E-state index is 0.136. The highest BCUT2D eigenvalue weighted by atomic mass is 79.9. The monoisotopic (exact) mass is 507 g/mol. The molecule has 31 heavy (non-hydrogen) atoms. The molecule has 0 unspecified atom stereocenters. The molecule has 0 saturated carbocycles. The predicted octanol–water partition coefficient (Wildman–Crippen LogP) is 3.99. The molecule has 2 rings (SSSR count). The Labute approximate surface area is 196 Å². The Balaban J connectivity index is 1.97. The van der Waals surface area contributed by atoms with Crippen LogP contribution in [-0.2, 0) is 4.74 Å². The van der Waals surface area contributed by atoms with Crippen LogP contribution in [0, 0.1) is 5.92 Å². The first-order chi connectivity index (χ1) is 14.8. The van der Waals surface area contributed by atoms with Crippen molar-refractivity contribution in [2.45, 2.75) is 13.8 Å². The SMILES string of the molecule is COCCNC(=O)c1ccc(NC(=S)NC(=O)c2cc(Br)ccc2OCC(C)C)cc1. The molecule has 0 aliphatic heterocycles. The molecule has 0 saturated heterocycles. The Hall–Kier alpha value is -2.49. The largest absolute Gasteiger partial charge is 0.492 e. The van der Waals surface area contributed by atoms with Crippen LogP contribution in [0.25, 0.3) is 0 Å². The van der Waals surface area contributed by atoms with E-state index in [0.29, 0.717) is 48.2 Å². The third-order valence-corrected chi connectivity index (χ3v) is 4.68. The average Bonchev–Trinajstić information content (AvgIpc) is 2.73. The van der Waals surface area contributed by atoms with Gasteiger partial charge in [0.15, 0.2) is 5.11 Å². The molecule has 9 heteroatoms. The van der Waals surface area contributed by atoms with E-state index < -0.39 is 0 Å². The molecule has 0 radical (unpaired) electrons. The van der Waals surface area contributed by atoms with Gasteiger partial charge < -0.3 is 20.1 Å². The number of thiocarbonyl (C=S) groups is 1. The zero-order valence-corrected chi connectivity index (χ0v) is 20.1. The van der Waals surface area contributed by atoms with Gasteiger partial charge in [0.25, 0.3) is 11.8 Å². The highest BCUT2D eigenvalue weighted by Crippen LogP contribution is 2.24. The normalized spacial score (nSPS) is 10.5. The Morgan fingerprint density at radius 3 is 2.45 bits per heavy atom. The van der Waals surface area contributed by atoms with Gasteiger partial charge in [0.2, 0.25) is 0 Å². The molecule has 2 aromatic rings. The first-order valence-corrected chi connectivity index (χ1v) is 10.9. The van der Waals surface area contributed by atoms with E-state index in [4.69, 9.17) is 21.7 Å². The van der Waals surface area contributed by atoms with E-state index in [0.717, 1.165) is 4.47 Å². The van der Waals surface area contributed by atoms with E-state index in [1.165, 1.54) is 0 Å². The van der Waals surface area contributed by atoms with E-state index in [-0.39, 0.29) is 16.9 Å². The lowest BCUT2D eigenvalue weighted by Gasteiger charge is -2.14. The van der Waals surface area contributed by atoms with E-state index in [1.807, 2.05) is 19.9 Å². The lowest BCUT2D eigenvalue weighted by molar-refractivity contribution is 0.0935. The number of nitrogens with one attached hydrogen (secondary N) is 3. The summed E-state index contributed by atoms with van der Waals surface area (Å²) in [6, 6.07) is 12.0. The van der Waals surface area contributed by atoms with Gasteiger partial charge in [-0.2, -0.15) is 0 Å². The summed E-state index contributed by atoms with van der Waals surface area (Å²) in [7, 11) is 1.57. The fourth-order valence-corrected chi connectivity index (χ4v) is 3.04. The molecule has 0 bridgehead atoms. The van der Waals surface area contributed by atoms with Gasteiger partial charge in [0.1, 0.15) is 5.75 Å². The van der Waals surface area contributed by atoms with Gasteiger partial charge in [-0.25, -0.2) is 0 Å². The van der Waals surface area contributed by atoms with Gasteiger partial charge in [-0.15, -0.1) is 0 Å². The molecule has 166 valence electrons. The fraction of sp³-hybridized carbons (Fsp3) is 0.318. The number of halogens is 1. The number of anilines is 1. The molecule has 0 aliphatic carbocycles. The van der Waals surface area contributed by atoms with Gasteiger partial charge >= 0.3 is 0 Å². The number of ether oxygens (including phenoxy) is 2. The summed E-state index contributed by atoms with van der Waals surface area (Å²) < 4.78 is 11.4. The van der Waals surface area contributed by atoms with E-state index in [1.54, 1.807) is 43.5 Å². The number of methoxy groups -OCH3 is 1. The molecule has 0 aromatic heterocycles. The molecular weight excluding hydrogens is 482 g/mol. The van der Waals surface area contributed by atoms with Crippen molar-refractivity contribution in [2.75, 3.05) is 32.2 Å². The molecule has 0 fully saturated rings. The second-order valence-electron chi connectivity index (χ2n) is 7.08. The molecule has 2 amide bonds. The van der Waals surface area contributed by atoms with E-state index >= 15 is 0 Å². The maximum absolute atomic E-state index is 12.7. The smallest absolute Gasteiger partial charge is 0.261 e. The number of benzene rings is 2. The summed E-state index contributed by atoms with van der Waals surface area (Å²) in [4.78, 5) is 24.8. The summed E-state index contributed by atoms with van der Waals surface area (Å²) in [5.41, 5.74) is 1.53. The molecular formula is C22H26BrN3O4S. The van der Waals surface area contributed by atoms with Crippen molar-refractivity contribution < 1.29 is 19.1 Å². The lowest BCUT2D eigenvalue weighted by Crippen LogP contribution is -2.34. The van der Waals surface area contributed by atoms with Crippen LogP contribution in [0.4, 0.5) is 5.69 Å². The first-order valence-electron chi connectivity index (χ1n) is 9.72. The highest BCUT2D eigenvalue weighted by Gasteiger charge is 2.15. The Morgan fingerprint density at radius 1 is 1.10 bits per heavy atom. The van der Waals surface area contributed by atoms with Crippen molar-refractivity contribution >= 4 is 50.8 Å². The second kappa shape index (κ2) is 12.4. The molecule has 0 heterocycles. The lowest BCUT2D eigenvalue weighted by atomic mass is 10.2. The Kier molecular flexibility index (Phi) is 9.90. The van der Waals surface area contributed by atoms with Crippen LogP contribution < -0.4 is 20.7 Å². The number of hydrogen-bond acceptors (Lipinski definition) is 5. The summed E-state index contributed by atoms with van der Waals surface area (Å²) in [6.07, 6.45) is 0. The summed E-state index contributed by atoms with van der Waals surface area (Å²) in [5, 5.41) is 8.48. The molecule has 0 aliphatic rings. The van der Waals surface area contributed by atoms with Crippen LogP contribution >= 0.6 is 28.1 Å². The highest BCUT2D eigenvalue weighted by molar-refractivity contribution is 9.10. The summed E-state index contributed by atoms with van der Waals surface area (Å²) in [6.45, 7) is 5.44. The van der Waals surface area contributed by atoms with Crippen LogP contribution in [0.1, 0.15) is 34.6 Å². The van der Waals surface area contributed by atoms with Gasteiger partial charge in [-0.05, 0) is 60.6 Å². The molecule has 0 spiro atoms. The van der Waals surface area contributed by atoms with Crippen LogP contribution in [0.15, 0.2) is 46.9 Å². The first kappa shape index (κ1) is 24.8. The van der Waals surface area contributed by atoms with Crippen molar-refractivity contribution in [3.05, 3.63) is 58.1 Å². The Bertz CT molecular complexity index is 919. The number of amides is 2. The standard InChI is InChI=1S/C22H26BrN3O4S/c1-14(2)13-30-19-9-6-16(23)12-18(19)21(28)26-22(31)25-17-7-4-15(5-8-17)20(27)24-10-11-29-3/h4-9,12,14H,10-11,13H2,1-3H3,(H,24,27)(H2,25,26,28,31). The van der Waals surface area contributed by atoms with Crippen LogP contribution in [-0.4, -0.2) is 43.8 Å². The zero-order valence-electron chi connectivity index (χ0n) is 17.7. The van der Waals surface area contributed by atoms with Gasteiger partial charge in [0, 0.05) is 29.4 Å². The van der Waals surface area contributed by atoms with E-state index in [2.05, 4.69) is 31.9 Å². The summed E-state index contributed by atoms with van der Waals surface area (Å²) >= 11 is 8.64. The maximum atomic E-state index is 12.7. The van der Waals surface area contributed by atoms with Crippen LogP contribution in [0.3, 0.4) is 0 Å². The topological polar surface area (TPSA) is 88.7 Å². The van der Waals surface area contributed by atoms with Crippen molar-refractivity contribution in [3.63, 3.8) is 0 Å². The zero-order chi connectivity index (χ0) is 22.8. The molecule has 2 aromatic carbocycles. The predicted molar refractivity (Wildman–Crippen MR) is 129 cm³/mol. The minimum Gasteiger partial charge on any atom is -0.492 e. The van der Waals surface area contributed by atoms with Crippen molar-refractivity contribution in [1.82, 2.24) is 10.6 Å². The average molecular weight is 508 g/mol. The van der Waals surface area contributed by atoms with Gasteiger partial charge in [-0.1, -0.05) is 29.8 Å². The third-order valence-electron chi connectivity index (χ3n) is 3.98. The van der Waals surface area contributed by atoms with E-state index in [9.17, 15) is 9.59 Å². The van der Waals surface area contributed by atoms with Crippen molar-refractivity contribution in [3.8, 4) is 5.75 Å². The third kappa shape index (κ3) is 8.28. The minimum atomic E-state index is -0.383. The summed E-state index contributed by atoms with van der Waals surface area (Å²) in [5.74, 6) is 0.239. The molecule has 7 nitrogen and oxygen atoms in total. The number of carbonyl (C=O) groups is 2. The fourth-order valence-electron chi connectivity index (χ4n) is 2.47. The van der Waals surface area contributed by atoms with Crippen LogP contribution in [0.5, 0.6) is 5.75 Å².